The summed E-state index contributed by atoms with van der Waals surface area (Å²) >= 11 is 12.0. The monoisotopic (exact) mass is 383 g/mol. The summed E-state index contributed by atoms with van der Waals surface area (Å²) in [6.07, 6.45) is 0. The van der Waals surface area contributed by atoms with E-state index in [2.05, 4.69) is 15.6 Å². The lowest BCUT2D eigenvalue weighted by molar-refractivity contribution is 0.0531. The number of nitrogens with one attached hydrogen (secondary N) is 2. The van der Waals surface area contributed by atoms with Gasteiger partial charge in [0.15, 0.2) is 10.2 Å². The Hall–Kier alpha value is -2.03. The number of rotatable bonds is 4. The summed E-state index contributed by atoms with van der Waals surface area (Å²) in [5, 5.41) is 6.34. The second-order valence-electron chi connectivity index (χ2n) is 4.57. The zero-order valence-corrected chi connectivity index (χ0v) is 15.3. The first-order valence-electron chi connectivity index (χ1n) is 6.93. The van der Waals surface area contributed by atoms with Gasteiger partial charge in [-0.05, 0) is 50.3 Å². The number of nitrogens with zero attached hydrogens (tertiary/aromatic N) is 1. The number of esters is 1. The quantitative estimate of drug-likeness (QED) is 0.622. The number of hydrogen-bond acceptors (Lipinski definition) is 6. The molecule has 9 heteroatoms. The molecule has 1 aromatic carbocycles. The summed E-state index contributed by atoms with van der Waals surface area (Å²) in [5.41, 5.74) is 0.957. The van der Waals surface area contributed by atoms with E-state index in [-0.39, 0.29) is 17.6 Å². The molecular weight excluding hydrogens is 370 g/mol. The Morgan fingerprint density at radius 3 is 2.62 bits per heavy atom. The van der Waals surface area contributed by atoms with Crippen molar-refractivity contribution in [3.05, 3.63) is 45.4 Å². The molecule has 0 spiro atoms. The Morgan fingerprint density at radius 1 is 1.33 bits per heavy atom. The van der Waals surface area contributed by atoms with Gasteiger partial charge in [0.25, 0.3) is 5.91 Å². The van der Waals surface area contributed by atoms with Crippen molar-refractivity contribution in [2.45, 2.75) is 13.8 Å². The number of hydrogen-bond donors (Lipinski definition) is 2. The first kappa shape index (κ1) is 18.3. The van der Waals surface area contributed by atoms with Gasteiger partial charge >= 0.3 is 5.97 Å². The molecule has 0 saturated heterocycles. The van der Waals surface area contributed by atoms with E-state index >= 15 is 0 Å². The molecule has 0 bridgehead atoms. The Labute approximate surface area is 153 Å². The van der Waals surface area contributed by atoms with Crippen molar-refractivity contribution in [3.8, 4) is 0 Å². The number of aryl methyl sites for hydroxylation is 1. The number of carbonyl (C=O) groups excluding carboxylic acids is 2. The van der Waals surface area contributed by atoms with Crippen molar-refractivity contribution in [2.75, 3.05) is 11.9 Å². The fraction of sp³-hybridized carbons (Fsp3) is 0.200. The van der Waals surface area contributed by atoms with E-state index < -0.39 is 5.97 Å². The molecule has 0 unspecified atom stereocenters. The molecular formula is C15H14ClN3O3S2. The number of amides is 1. The lowest BCUT2D eigenvalue weighted by Gasteiger charge is -2.07. The van der Waals surface area contributed by atoms with Gasteiger partial charge in [-0.1, -0.05) is 22.9 Å². The van der Waals surface area contributed by atoms with Gasteiger partial charge in [0.1, 0.15) is 4.88 Å². The predicted octanol–water partition coefficient (Wildman–Crippen LogP) is 3.41. The third kappa shape index (κ3) is 4.73. The van der Waals surface area contributed by atoms with Crippen LogP contribution in [0.5, 0.6) is 0 Å². The minimum atomic E-state index is -0.434. The van der Waals surface area contributed by atoms with Crippen LogP contribution in [0.15, 0.2) is 24.3 Å². The van der Waals surface area contributed by atoms with Crippen molar-refractivity contribution >= 4 is 57.3 Å². The average molecular weight is 384 g/mol. The lowest BCUT2D eigenvalue weighted by atomic mass is 10.2. The smallest absolute Gasteiger partial charge is 0.350 e. The van der Waals surface area contributed by atoms with E-state index in [4.69, 9.17) is 28.6 Å². The molecule has 0 aliphatic heterocycles. The normalized spacial score (nSPS) is 10.1. The Balaban J connectivity index is 1.99. The fourth-order valence-electron chi connectivity index (χ4n) is 1.74. The summed E-state index contributed by atoms with van der Waals surface area (Å²) in [4.78, 5) is 28.4. The minimum Gasteiger partial charge on any atom is -0.462 e. The number of anilines is 1. The topological polar surface area (TPSA) is 80.3 Å². The van der Waals surface area contributed by atoms with Gasteiger partial charge < -0.3 is 10.1 Å². The first-order valence-corrected chi connectivity index (χ1v) is 8.53. The van der Waals surface area contributed by atoms with Crippen LogP contribution in [-0.4, -0.2) is 28.6 Å². The van der Waals surface area contributed by atoms with Crippen molar-refractivity contribution in [1.82, 2.24) is 10.3 Å². The standard InChI is InChI=1S/C15H14ClN3O3S2/c1-3-22-13(21)11-8(2)17-15(24-11)19-14(23)18-12(20)9-4-6-10(16)7-5-9/h4-7H,3H2,1-2H3,(H2,17,18,19,20,23). The van der Waals surface area contributed by atoms with Gasteiger partial charge in [-0.25, -0.2) is 9.78 Å². The highest BCUT2D eigenvalue weighted by atomic mass is 35.5. The van der Waals surface area contributed by atoms with Crippen molar-refractivity contribution in [2.24, 2.45) is 0 Å². The van der Waals surface area contributed by atoms with E-state index in [1.54, 1.807) is 38.1 Å². The maximum absolute atomic E-state index is 12.0. The highest BCUT2D eigenvalue weighted by molar-refractivity contribution is 7.80. The van der Waals surface area contributed by atoms with Gasteiger partial charge in [0, 0.05) is 10.6 Å². The summed E-state index contributed by atoms with van der Waals surface area (Å²) in [6, 6.07) is 6.41. The van der Waals surface area contributed by atoms with E-state index in [0.29, 0.717) is 26.3 Å². The van der Waals surface area contributed by atoms with Gasteiger partial charge in [0.05, 0.1) is 12.3 Å². The summed E-state index contributed by atoms with van der Waals surface area (Å²) in [6.45, 7) is 3.71. The number of thiocarbonyl (C=S) groups is 1. The Bertz CT molecular complexity index is 775. The molecule has 2 rings (SSSR count). The lowest BCUT2D eigenvalue weighted by Crippen LogP contribution is -2.34. The number of halogens is 1. The summed E-state index contributed by atoms with van der Waals surface area (Å²) in [7, 11) is 0. The van der Waals surface area contributed by atoms with Crippen LogP contribution in [-0.2, 0) is 4.74 Å². The molecule has 24 heavy (non-hydrogen) atoms. The van der Waals surface area contributed by atoms with Crippen molar-refractivity contribution in [3.63, 3.8) is 0 Å². The van der Waals surface area contributed by atoms with E-state index in [0.717, 1.165) is 11.3 Å². The maximum atomic E-state index is 12.0. The molecule has 1 amide bonds. The SMILES string of the molecule is CCOC(=O)c1sc(NC(=S)NC(=O)c2ccc(Cl)cc2)nc1C. The Kier molecular flexibility index (Phi) is 6.24. The molecule has 0 aliphatic carbocycles. The maximum Gasteiger partial charge on any atom is 0.350 e. The largest absolute Gasteiger partial charge is 0.462 e. The van der Waals surface area contributed by atoms with Gasteiger partial charge in [-0.3, -0.25) is 10.1 Å². The van der Waals surface area contributed by atoms with Gasteiger partial charge in [0.2, 0.25) is 0 Å². The Morgan fingerprint density at radius 2 is 2.00 bits per heavy atom. The van der Waals surface area contributed by atoms with Crippen LogP contribution in [0.3, 0.4) is 0 Å². The number of ether oxygens (including phenoxy) is 1. The molecule has 6 nitrogen and oxygen atoms in total. The van der Waals surface area contributed by atoms with E-state index in [9.17, 15) is 9.59 Å². The van der Waals surface area contributed by atoms with Crippen LogP contribution in [0.2, 0.25) is 5.02 Å². The molecule has 2 N–H and O–H groups in total. The molecule has 0 atom stereocenters. The van der Waals surface area contributed by atoms with Crippen molar-refractivity contribution < 1.29 is 14.3 Å². The zero-order chi connectivity index (χ0) is 17.7. The molecule has 0 saturated carbocycles. The molecule has 0 aliphatic rings. The molecule has 0 radical (unpaired) electrons. The third-order valence-corrected chi connectivity index (χ3v) is 4.32. The highest BCUT2D eigenvalue weighted by Gasteiger charge is 2.17. The first-order chi connectivity index (χ1) is 11.4. The van der Waals surface area contributed by atoms with Gasteiger partial charge in [-0.15, -0.1) is 0 Å². The van der Waals surface area contributed by atoms with E-state index in [1.807, 2.05) is 0 Å². The average Bonchev–Trinajstić information content (AvgIpc) is 2.88. The fourth-order valence-corrected chi connectivity index (χ4v) is 2.99. The third-order valence-electron chi connectivity index (χ3n) is 2.81. The number of aromatic nitrogens is 1. The highest BCUT2D eigenvalue weighted by Crippen LogP contribution is 2.23. The zero-order valence-electron chi connectivity index (χ0n) is 12.9. The second kappa shape index (κ2) is 8.18. The van der Waals surface area contributed by atoms with Crippen LogP contribution in [0, 0.1) is 6.92 Å². The molecule has 2 aromatic rings. The van der Waals surface area contributed by atoms with Crippen LogP contribution in [0.25, 0.3) is 0 Å². The van der Waals surface area contributed by atoms with E-state index in [1.165, 1.54) is 0 Å². The summed E-state index contributed by atoms with van der Waals surface area (Å²) in [5.74, 6) is -0.806. The predicted molar refractivity (Wildman–Crippen MR) is 97.9 cm³/mol. The van der Waals surface area contributed by atoms with Crippen LogP contribution in [0.4, 0.5) is 5.13 Å². The number of carbonyl (C=O) groups is 2. The number of thiazole rings is 1. The molecule has 126 valence electrons. The van der Waals surface area contributed by atoms with Crippen LogP contribution < -0.4 is 10.6 Å². The summed E-state index contributed by atoms with van der Waals surface area (Å²) < 4.78 is 4.95. The molecule has 1 heterocycles. The van der Waals surface area contributed by atoms with Crippen molar-refractivity contribution in [1.29, 1.82) is 0 Å². The number of benzene rings is 1. The minimum absolute atomic E-state index is 0.0825. The molecule has 0 fully saturated rings. The molecule has 1 aromatic heterocycles. The second-order valence-corrected chi connectivity index (χ2v) is 6.41. The van der Waals surface area contributed by atoms with Crippen LogP contribution in [0.1, 0.15) is 32.6 Å². The van der Waals surface area contributed by atoms with Gasteiger partial charge in [-0.2, -0.15) is 0 Å². The van der Waals surface area contributed by atoms with Crippen LogP contribution >= 0.6 is 35.2 Å².